The number of carbonyl (C=O) groups is 4. The lowest BCUT2D eigenvalue weighted by molar-refractivity contribution is -0.274. The molecule has 1 aliphatic rings. The minimum absolute atomic E-state index is 0.0409. The number of aliphatic hydroxyl groups excluding tert-OH is 1. The fourth-order valence-corrected chi connectivity index (χ4v) is 4.99. The molecule has 44 heavy (non-hydrogen) atoms. The highest BCUT2D eigenvalue weighted by Crippen LogP contribution is 2.33. The number of benzene rings is 3. The summed E-state index contributed by atoms with van der Waals surface area (Å²) in [5, 5.41) is 20.4. The Kier molecular flexibility index (Phi) is 10.3. The molecule has 0 unspecified atom stereocenters. The van der Waals surface area contributed by atoms with Crippen LogP contribution in [0.4, 0.5) is 13.2 Å². The molecule has 0 aromatic heterocycles. The molecule has 0 aliphatic heterocycles. The lowest BCUT2D eigenvalue weighted by Crippen LogP contribution is -2.36. The van der Waals surface area contributed by atoms with E-state index in [1.165, 1.54) is 42.8 Å². The van der Waals surface area contributed by atoms with Gasteiger partial charge in [-0.15, -0.1) is 13.2 Å². The molecule has 4 rings (SSSR count). The zero-order valence-corrected chi connectivity index (χ0v) is 23.5. The normalized spacial score (nSPS) is 14.9. The number of ether oxygens (including phenoxy) is 1. The highest BCUT2D eigenvalue weighted by molar-refractivity contribution is 6.32. The number of halogens is 3. The van der Waals surface area contributed by atoms with Crippen molar-refractivity contribution in [2.24, 2.45) is 0 Å². The Hall–Kier alpha value is -4.77. The van der Waals surface area contributed by atoms with Gasteiger partial charge < -0.3 is 20.3 Å². The van der Waals surface area contributed by atoms with Gasteiger partial charge in [0.05, 0.1) is 6.54 Å². The van der Waals surface area contributed by atoms with E-state index in [-0.39, 0.29) is 22.3 Å². The molecule has 8 nitrogen and oxygen atoms in total. The number of Topliss-reactive ketones (excluding diaryl/α,β-unsaturated/α-hetero) is 1. The van der Waals surface area contributed by atoms with Crippen LogP contribution in [0.15, 0.2) is 78.9 Å². The van der Waals surface area contributed by atoms with Crippen LogP contribution in [0.1, 0.15) is 80.2 Å². The maximum atomic E-state index is 13.7. The monoisotopic (exact) mass is 609 g/mol. The molecule has 3 N–H and O–H groups in total. The highest BCUT2D eigenvalue weighted by Gasteiger charge is 2.31. The topological polar surface area (TPSA) is 130 Å². The van der Waals surface area contributed by atoms with Crippen LogP contribution in [0.2, 0.25) is 0 Å². The summed E-state index contributed by atoms with van der Waals surface area (Å²) in [7, 11) is 0. The van der Waals surface area contributed by atoms with Crippen LogP contribution in [0.25, 0.3) is 5.57 Å². The molecular weight excluding hydrogens is 579 g/mol. The average molecular weight is 610 g/mol. The molecule has 1 aliphatic carbocycles. The summed E-state index contributed by atoms with van der Waals surface area (Å²) in [6, 6.07) is 17.2. The molecule has 0 bridgehead atoms. The zero-order chi connectivity index (χ0) is 31.9. The van der Waals surface area contributed by atoms with Crippen molar-refractivity contribution in [2.45, 2.75) is 50.5 Å². The molecule has 1 atom stereocenters. The molecule has 0 radical (unpaired) electrons. The Labute approximate surface area is 251 Å². The first kappa shape index (κ1) is 32.2. The minimum Gasteiger partial charge on any atom is -0.479 e. The van der Waals surface area contributed by atoms with Gasteiger partial charge in [-0.1, -0.05) is 55.7 Å². The lowest BCUT2D eigenvalue weighted by Gasteiger charge is -2.22. The van der Waals surface area contributed by atoms with E-state index in [4.69, 9.17) is 5.11 Å². The average Bonchev–Trinajstić information content (AvgIpc) is 3.02. The van der Waals surface area contributed by atoms with Gasteiger partial charge in [0.25, 0.3) is 5.91 Å². The van der Waals surface area contributed by atoms with Crippen molar-refractivity contribution < 1.29 is 47.3 Å². The smallest absolute Gasteiger partial charge is 0.479 e. The Morgan fingerprint density at radius 1 is 0.818 bits per heavy atom. The maximum absolute atomic E-state index is 13.7. The third-order valence-corrected chi connectivity index (χ3v) is 7.34. The molecule has 3 aromatic carbocycles. The Bertz CT molecular complexity index is 1520. The number of ketones is 2. The van der Waals surface area contributed by atoms with E-state index in [1.54, 1.807) is 12.1 Å². The van der Waals surface area contributed by atoms with Gasteiger partial charge in [-0.2, -0.15) is 0 Å². The number of carbonyl (C=O) groups excluding carboxylic acids is 3. The van der Waals surface area contributed by atoms with Gasteiger partial charge in [0.15, 0.2) is 17.7 Å². The van der Waals surface area contributed by atoms with Gasteiger partial charge in [-0.3, -0.25) is 14.4 Å². The van der Waals surface area contributed by atoms with Gasteiger partial charge in [-0.05, 0) is 72.4 Å². The van der Waals surface area contributed by atoms with Gasteiger partial charge in [-0.25, -0.2) is 4.79 Å². The number of hydrogen-bond donors (Lipinski definition) is 3. The van der Waals surface area contributed by atoms with E-state index in [2.05, 4.69) is 10.1 Å². The quantitative estimate of drug-likeness (QED) is 0.181. The van der Waals surface area contributed by atoms with Crippen LogP contribution in [0, 0.1) is 0 Å². The van der Waals surface area contributed by atoms with E-state index in [9.17, 15) is 37.5 Å². The predicted octanol–water partition coefficient (Wildman–Crippen LogP) is 5.96. The number of hydrogen-bond acceptors (Lipinski definition) is 6. The number of alkyl halides is 3. The lowest BCUT2D eigenvalue weighted by atomic mass is 9.83. The van der Waals surface area contributed by atoms with Crippen molar-refractivity contribution in [1.29, 1.82) is 0 Å². The van der Waals surface area contributed by atoms with E-state index < -0.39 is 48.2 Å². The van der Waals surface area contributed by atoms with Crippen molar-refractivity contribution in [3.8, 4) is 5.75 Å². The third kappa shape index (κ3) is 8.63. The van der Waals surface area contributed by atoms with E-state index in [1.807, 2.05) is 12.1 Å². The fourth-order valence-electron chi connectivity index (χ4n) is 4.99. The van der Waals surface area contributed by atoms with E-state index in [0.29, 0.717) is 11.5 Å². The number of aliphatic hydroxyl groups is 1. The van der Waals surface area contributed by atoms with Crippen LogP contribution < -0.4 is 10.1 Å². The second-order valence-electron chi connectivity index (χ2n) is 10.4. The molecule has 1 amide bonds. The number of rotatable bonds is 11. The van der Waals surface area contributed by atoms with Crippen LogP contribution >= 0.6 is 0 Å². The fraction of sp³-hybridized carbons (Fsp3) is 0.273. The van der Waals surface area contributed by atoms with Crippen molar-refractivity contribution in [3.05, 3.63) is 107 Å². The predicted molar refractivity (Wildman–Crippen MR) is 154 cm³/mol. The van der Waals surface area contributed by atoms with Crippen molar-refractivity contribution in [3.63, 3.8) is 0 Å². The van der Waals surface area contributed by atoms with E-state index >= 15 is 0 Å². The van der Waals surface area contributed by atoms with Gasteiger partial charge in [0, 0.05) is 22.3 Å². The summed E-state index contributed by atoms with van der Waals surface area (Å²) in [6.07, 6.45) is 0.105. The number of carboxylic acid groups (broad SMARTS) is 1. The molecule has 1 saturated carbocycles. The number of nitrogens with one attached hydrogen (secondary N) is 1. The first-order chi connectivity index (χ1) is 20.9. The van der Waals surface area contributed by atoms with E-state index in [0.717, 1.165) is 49.5 Å². The van der Waals surface area contributed by atoms with Crippen LogP contribution in [-0.4, -0.2) is 52.7 Å². The summed E-state index contributed by atoms with van der Waals surface area (Å²) in [6.45, 7) is -0.510. The molecule has 0 saturated heterocycles. The van der Waals surface area contributed by atoms with Crippen LogP contribution in [0.5, 0.6) is 5.75 Å². The van der Waals surface area contributed by atoms with Crippen molar-refractivity contribution >= 4 is 29.0 Å². The molecule has 1 fully saturated rings. The van der Waals surface area contributed by atoms with Gasteiger partial charge >= 0.3 is 12.3 Å². The standard InChI is InChI=1S/C33H30F3NO7/c34-33(35,36)44-26-16-14-23(15-17-26)28(38)18-27(22-8-6-21(7-9-22)20-4-2-1-3-5-20)30(40)24-10-12-25(13-11-24)31(41)37-19-29(39)32(42)43/h6-18,20,29,39H,1-5,19H2,(H,37,41)(H,42,43)/b27-18-/t29-/m1/s1. The van der Waals surface area contributed by atoms with Gasteiger partial charge in [0.2, 0.25) is 0 Å². The first-order valence-electron chi connectivity index (χ1n) is 14.0. The molecular formula is C33H30F3NO7. The number of amides is 1. The van der Waals surface area contributed by atoms with Crippen LogP contribution in [0.3, 0.4) is 0 Å². The summed E-state index contributed by atoms with van der Waals surface area (Å²) in [5.41, 5.74) is 1.94. The number of aliphatic carboxylic acids is 1. The maximum Gasteiger partial charge on any atom is 0.573 e. The largest absolute Gasteiger partial charge is 0.573 e. The summed E-state index contributed by atoms with van der Waals surface area (Å²) >= 11 is 0. The summed E-state index contributed by atoms with van der Waals surface area (Å²) in [4.78, 5) is 50.0. The molecule has 0 spiro atoms. The zero-order valence-electron chi connectivity index (χ0n) is 23.5. The second kappa shape index (κ2) is 14.1. The SMILES string of the molecule is O=C(/C=C(\C(=O)c1ccc(C(=O)NC[C@@H](O)C(=O)O)cc1)c1ccc(C2CCCCC2)cc1)c1ccc(OC(F)(F)F)cc1. The third-order valence-electron chi connectivity index (χ3n) is 7.34. The second-order valence-corrected chi connectivity index (χ2v) is 10.4. The summed E-state index contributed by atoms with van der Waals surface area (Å²) in [5.74, 6) is -3.38. The molecule has 11 heteroatoms. The minimum atomic E-state index is -4.88. The van der Waals surface area contributed by atoms with Crippen LogP contribution in [-0.2, 0) is 4.79 Å². The Balaban J connectivity index is 1.60. The highest BCUT2D eigenvalue weighted by atomic mass is 19.4. The first-order valence-corrected chi connectivity index (χ1v) is 14.0. The molecule has 230 valence electrons. The Morgan fingerprint density at radius 3 is 1.93 bits per heavy atom. The summed E-state index contributed by atoms with van der Waals surface area (Å²) < 4.78 is 41.5. The van der Waals surface area contributed by atoms with Gasteiger partial charge in [0.1, 0.15) is 5.75 Å². The molecule has 3 aromatic rings. The Morgan fingerprint density at radius 2 is 1.36 bits per heavy atom. The van der Waals surface area contributed by atoms with Crippen molar-refractivity contribution in [1.82, 2.24) is 5.32 Å². The number of allylic oxidation sites excluding steroid dienone is 2. The van der Waals surface area contributed by atoms with Crippen molar-refractivity contribution in [2.75, 3.05) is 6.54 Å². The molecule has 0 heterocycles. The number of carboxylic acids is 1.